The van der Waals surface area contributed by atoms with E-state index >= 15 is 0 Å². The Morgan fingerprint density at radius 3 is 2.76 bits per heavy atom. The Balaban J connectivity index is 1.67. The van der Waals surface area contributed by atoms with Gasteiger partial charge in [0.05, 0.1) is 4.90 Å². The van der Waals surface area contributed by atoms with Gasteiger partial charge in [0.25, 0.3) is 0 Å². The number of fused-ring (bicyclic) bond motifs is 1. The van der Waals surface area contributed by atoms with Gasteiger partial charge in [-0.15, -0.1) is 0 Å². The Bertz CT molecular complexity index is 799. The second-order valence-corrected chi connectivity index (χ2v) is 8.52. The van der Waals surface area contributed by atoms with Crippen molar-refractivity contribution in [3.05, 3.63) is 30.0 Å². The van der Waals surface area contributed by atoms with Crippen molar-refractivity contribution in [3.63, 3.8) is 0 Å². The molecule has 2 aromatic rings. The van der Waals surface area contributed by atoms with Crippen LogP contribution in [-0.2, 0) is 16.4 Å². The van der Waals surface area contributed by atoms with Gasteiger partial charge in [-0.2, -0.15) is 0 Å². The fourth-order valence-electron chi connectivity index (χ4n) is 2.81. The smallest absolute Gasteiger partial charge is 0.241 e. The van der Waals surface area contributed by atoms with Gasteiger partial charge in [0.15, 0.2) is 0 Å². The summed E-state index contributed by atoms with van der Waals surface area (Å²) in [6.07, 6.45) is 7.60. The molecule has 2 aliphatic rings. The minimum absolute atomic E-state index is 0.235. The molecular formula is C16H20N2O2S. The van der Waals surface area contributed by atoms with Crippen molar-refractivity contribution in [2.75, 3.05) is 0 Å². The first-order chi connectivity index (χ1) is 9.95. The van der Waals surface area contributed by atoms with Gasteiger partial charge >= 0.3 is 0 Å². The van der Waals surface area contributed by atoms with E-state index in [0.717, 1.165) is 36.1 Å². The van der Waals surface area contributed by atoms with Crippen LogP contribution in [-0.4, -0.2) is 18.9 Å². The molecule has 112 valence electrons. The first-order valence-corrected chi connectivity index (χ1v) is 9.08. The van der Waals surface area contributed by atoms with Crippen LogP contribution in [0.25, 0.3) is 10.9 Å². The number of sulfonamides is 1. The Morgan fingerprint density at radius 2 is 2.10 bits per heavy atom. The first kappa shape index (κ1) is 13.3. The molecule has 2 N–H and O–H groups in total. The van der Waals surface area contributed by atoms with Crippen LogP contribution in [0.3, 0.4) is 0 Å². The molecule has 0 amide bonds. The summed E-state index contributed by atoms with van der Waals surface area (Å²) in [5, 5.41) is 1.15. The molecular weight excluding hydrogens is 284 g/mol. The summed E-state index contributed by atoms with van der Waals surface area (Å²) in [4.78, 5) is 3.57. The predicted molar refractivity (Wildman–Crippen MR) is 82.7 cm³/mol. The van der Waals surface area contributed by atoms with E-state index in [4.69, 9.17) is 0 Å². The van der Waals surface area contributed by atoms with E-state index in [9.17, 15) is 8.42 Å². The number of benzene rings is 1. The number of hydrogen-bond donors (Lipinski definition) is 2. The molecule has 4 nitrogen and oxygen atoms in total. The van der Waals surface area contributed by atoms with Crippen LogP contribution < -0.4 is 4.72 Å². The summed E-state index contributed by atoms with van der Waals surface area (Å²) < 4.78 is 27.6. The molecule has 1 heterocycles. The molecule has 2 saturated carbocycles. The summed E-state index contributed by atoms with van der Waals surface area (Å²) >= 11 is 0. The SMILES string of the molecule is CC1(NS(=O)(=O)c2ccc3c(CC4CC4)c[nH]c3c2)CC1. The van der Waals surface area contributed by atoms with Crippen molar-refractivity contribution < 1.29 is 8.42 Å². The molecule has 0 bridgehead atoms. The first-order valence-electron chi connectivity index (χ1n) is 7.59. The Kier molecular flexibility index (Phi) is 2.75. The van der Waals surface area contributed by atoms with Gasteiger partial charge in [0.1, 0.15) is 0 Å². The average Bonchev–Trinajstić information content (AvgIpc) is 3.32. The highest BCUT2D eigenvalue weighted by Crippen LogP contribution is 2.37. The van der Waals surface area contributed by atoms with Gasteiger partial charge in [0.2, 0.25) is 10.0 Å². The lowest BCUT2D eigenvalue weighted by molar-refractivity contribution is 0.558. The highest BCUT2D eigenvalue weighted by atomic mass is 32.2. The molecule has 0 unspecified atom stereocenters. The fourth-order valence-corrected chi connectivity index (χ4v) is 4.30. The largest absolute Gasteiger partial charge is 0.361 e. The van der Waals surface area contributed by atoms with Crippen molar-refractivity contribution in [2.45, 2.75) is 49.5 Å². The Morgan fingerprint density at radius 1 is 1.33 bits per heavy atom. The number of rotatable bonds is 5. The van der Waals surface area contributed by atoms with Gasteiger partial charge in [-0.1, -0.05) is 6.07 Å². The standard InChI is InChI=1S/C16H20N2O2S/c1-16(6-7-16)18-21(19,20)13-4-5-14-12(8-11-2-3-11)10-17-15(14)9-13/h4-5,9-11,17-18H,2-3,6-8H2,1H3. The third kappa shape index (κ3) is 2.60. The zero-order valence-corrected chi connectivity index (χ0v) is 13.0. The topological polar surface area (TPSA) is 62.0 Å². The molecule has 1 aromatic carbocycles. The number of nitrogens with one attached hydrogen (secondary N) is 2. The van der Waals surface area contributed by atoms with Gasteiger partial charge in [-0.05, 0) is 62.6 Å². The minimum atomic E-state index is -3.42. The predicted octanol–water partition coefficient (Wildman–Crippen LogP) is 2.95. The minimum Gasteiger partial charge on any atom is -0.361 e. The van der Waals surface area contributed by atoms with E-state index in [1.54, 1.807) is 12.1 Å². The Hall–Kier alpha value is -1.33. The van der Waals surface area contributed by atoms with Crippen LogP contribution in [0.1, 0.15) is 38.2 Å². The van der Waals surface area contributed by atoms with E-state index in [1.165, 1.54) is 18.4 Å². The number of aromatic amines is 1. The summed E-state index contributed by atoms with van der Waals surface area (Å²) in [5.74, 6) is 0.823. The molecule has 0 radical (unpaired) electrons. The normalized spacial score (nSPS) is 20.8. The lowest BCUT2D eigenvalue weighted by Crippen LogP contribution is -2.34. The van der Waals surface area contributed by atoms with Crippen LogP contribution in [0.15, 0.2) is 29.3 Å². The van der Waals surface area contributed by atoms with Crippen LogP contribution >= 0.6 is 0 Å². The van der Waals surface area contributed by atoms with E-state index in [0.29, 0.717) is 4.90 Å². The molecule has 2 fully saturated rings. The van der Waals surface area contributed by atoms with E-state index in [1.807, 2.05) is 19.2 Å². The third-order valence-corrected chi connectivity index (χ3v) is 6.27. The number of hydrogen-bond acceptors (Lipinski definition) is 2. The molecule has 5 heteroatoms. The van der Waals surface area contributed by atoms with Gasteiger partial charge in [-0.3, -0.25) is 0 Å². The molecule has 4 rings (SSSR count). The van der Waals surface area contributed by atoms with Crippen molar-refractivity contribution in [1.29, 1.82) is 0 Å². The van der Waals surface area contributed by atoms with Crippen molar-refractivity contribution >= 4 is 20.9 Å². The molecule has 0 spiro atoms. The van der Waals surface area contributed by atoms with Crippen molar-refractivity contribution in [2.24, 2.45) is 5.92 Å². The zero-order chi connectivity index (χ0) is 14.7. The molecule has 2 aliphatic carbocycles. The second kappa shape index (κ2) is 4.34. The quantitative estimate of drug-likeness (QED) is 0.892. The van der Waals surface area contributed by atoms with Gasteiger partial charge < -0.3 is 4.98 Å². The number of H-pyrrole nitrogens is 1. The Labute approximate surface area is 125 Å². The monoisotopic (exact) mass is 304 g/mol. The summed E-state index contributed by atoms with van der Waals surface area (Å²) in [5.41, 5.74) is 1.98. The molecule has 0 atom stereocenters. The van der Waals surface area contributed by atoms with Crippen LogP contribution in [0.5, 0.6) is 0 Å². The van der Waals surface area contributed by atoms with Gasteiger partial charge in [0, 0.05) is 22.6 Å². The molecule has 0 saturated heterocycles. The van der Waals surface area contributed by atoms with Crippen molar-refractivity contribution in [3.8, 4) is 0 Å². The van der Waals surface area contributed by atoms with Crippen LogP contribution in [0, 0.1) is 5.92 Å². The van der Waals surface area contributed by atoms with Gasteiger partial charge in [-0.25, -0.2) is 13.1 Å². The lowest BCUT2D eigenvalue weighted by atomic mass is 10.1. The molecule has 21 heavy (non-hydrogen) atoms. The highest BCUT2D eigenvalue weighted by Gasteiger charge is 2.41. The maximum absolute atomic E-state index is 12.4. The van der Waals surface area contributed by atoms with E-state index in [-0.39, 0.29) is 5.54 Å². The fraction of sp³-hybridized carbons (Fsp3) is 0.500. The second-order valence-electron chi connectivity index (χ2n) is 6.83. The average molecular weight is 304 g/mol. The summed E-state index contributed by atoms with van der Waals surface area (Å²) in [7, 11) is -3.42. The lowest BCUT2D eigenvalue weighted by Gasteiger charge is -2.12. The third-order valence-electron chi connectivity index (χ3n) is 4.64. The maximum atomic E-state index is 12.4. The van der Waals surface area contributed by atoms with Crippen LogP contribution in [0.4, 0.5) is 0 Å². The van der Waals surface area contributed by atoms with Crippen LogP contribution in [0.2, 0.25) is 0 Å². The maximum Gasteiger partial charge on any atom is 0.241 e. The number of aromatic nitrogens is 1. The summed E-state index contributed by atoms with van der Waals surface area (Å²) in [6, 6.07) is 5.41. The highest BCUT2D eigenvalue weighted by molar-refractivity contribution is 7.89. The zero-order valence-electron chi connectivity index (χ0n) is 12.1. The molecule has 1 aromatic heterocycles. The summed E-state index contributed by atoms with van der Waals surface area (Å²) in [6.45, 7) is 1.95. The van der Waals surface area contributed by atoms with E-state index in [2.05, 4.69) is 9.71 Å². The molecule has 0 aliphatic heterocycles. The van der Waals surface area contributed by atoms with E-state index < -0.39 is 10.0 Å². The van der Waals surface area contributed by atoms with Crippen molar-refractivity contribution in [1.82, 2.24) is 9.71 Å².